The summed E-state index contributed by atoms with van der Waals surface area (Å²) in [5.41, 5.74) is 6.39. The molecule has 0 aliphatic rings. The molecule has 0 saturated heterocycles. The zero-order valence-electron chi connectivity index (χ0n) is 13.5. The predicted octanol–water partition coefficient (Wildman–Crippen LogP) is 4.21. The third-order valence-corrected chi connectivity index (χ3v) is 4.94. The minimum Gasteiger partial charge on any atom is -0.273 e. The van der Waals surface area contributed by atoms with Gasteiger partial charge in [0.25, 0.3) is 5.91 Å². The minimum atomic E-state index is -0.409. The number of carbonyl (C=O) groups excluding carboxylic acids is 2. The van der Waals surface area contributed by atoms with Crippen LogP contribution in [0.25, 0.3) is 10.4 Å². The summed E-state index contributed by atoms with van der Waals surface area (Å²) >= 11 is 7.05. The average molecular weight is 389 g/mol. The number of halogens is 2. The average Bonchev–Trinajstić information content (AvgIpc) is 3.12. The van der Waals surface area contributed by atoms with Crippen LogP contribution in [-0.2, 0) is 11.2 Å². The number of thiophene rings is 1. The lowest BCUT2D eigenvalue weighted by Gasteiger charge is -2.06. The molecule has 0 spiro atoms. The molecule has 0 atom stereocenters. The fourth-order valence-electron chi connectivity index (χ4n) is 2.25. The second kappa shape index (κ2) is 8.12. The maximum Gasteiger partial charge on any atom is 0.279 e. The minimum absolute atomic E-state index is 0.128. The van der Waals surface area contributed by atoms with E-state index in [0.717, 1.165) is 16.0 Å². The second-order valence-corrected chi connectivity index (χ2v) is 7.00. The fourth-order valence-corrected chi connectivity index (χ4v) is 3.28. The van der Waals surface area contributed by atoms with Crippen molar-refractivity contribution in [2.45, 2.75) is 6.42 Å². The van der Waals surface area contributed by atoms with Crippen molar-refractivity contribution in [2.75, 3.05) is 0 Å². The Hall–Kier alpha value is -2.70. The molecular weight excluding hydrogens is 375 g/mol. The van der Waals surface area contributed by atoms with E-state index in [4.69, 9.17) is 11.6 Å². The van der Waals surface area contributed by atoms with Crippen molar-refractivity contribution in [2.24, 2.45) is 0 Å². The molecule has 0 aliphatic heterocycles. The van der Waals surface area contributed by atoms with E-state index in [9.17, 15) is 14.0 Å². The van der Waals surface area contributed by atoms with Crippen LogP contribution in [0.5, 0.6) is 0 Å². The van der Waals surface area contributed by atoms with Gasteiger partial charge in [0.1, 0.15) is 5.82 Å². The lowest BCUT2D eigenvalue weighted by atomic mass is 10.1. The molecule has 1 heterocycles. The van der Waals surface area contributed by atoms with E-state index in [1.54, 1.807) is 48.5 Å². The van der Waals surface area contributed by atoms with E-state index in [0.29, 0.717) is 9.90 Å². The van der Waals surface area contributed by atoms with Crippen LogP contribution in [0, 0.1) is 5.82 Å². The van der Waals surface area contributed by atoms with Crippen LogP contribution in [-0.4, -0.2) is 11.8 Å². The number of rotatable bonds is 4. The molecule has 1 aromatic heterocycles. The smallest absolute Gasteiger partial charge is 0.273 e. The van der Waals surface area contributed by atoms with E-state index in [-0.39, 0.29) is 18.1 Å². The number of hydrogen-bond acceptors (Lipinski definition) is 3. The Morgan fingerprint density at radius 2 is 1.62 bits per heavy atom. The van der Waals surface area contributed by atoms with Gasteiger partial charge < -0.3 is 0 Å². The Kier molecular flexibility index (Phi) is 5.65. The van der Waals surface area contributed by atoms with Gasteiger partial charge in [-0.05, 0) is 47.5 Å². The first-order valence-corrected chi connectivity index (χ1v) is 8.90. The summed E-state index contributed by atoms with van der Waals surface area (Å²) in [5, 5.41) is 0.595. The molecule has 0 unspecified atom stereocenters. The van der Waals surface area contributed by atoms with E-state index < -0.39 is 5.91 Å². The molecule has 2 amide bonds. The first kappa shape index (κ1) is 18.1. The van der Waals surface area contributed by atoms with Crippen molar-refractivity contribution < 1.29 is 14.0 Å². The molecule has 0 saturated carbocycles. The topological polar surface area (TPSA) is 58.2 Å². The molecule has 132 valence electrons. The molecule has 3 aromatic rings. The largest absolute Gasteiger partial charge is 0.279 e. The summed E-state index contributed by atoms with van der Waals surface area (Å²) in [6.45, 7) is 0. The number of nitrogens with one attached hydrogen (secondary N) is 2. The van der Waals surface area contributed by atoms with Crippen molar-refractivity contribution >= 4 is 34.8 Å². The maximum atomic E-state index is 13.0. The summed E-state index contributed by atoms with van der Waals surface area (Å²) in [6, 6.07) is 16.4. The monoisotopic (exact) mass is 388 g/mol. The van der Waals surface area contributed by atoms with Crippen molar-refractivity contribution in [3.05, 3.63) is 81.9 Å². The van der Waals surface area contributed by atoms with E-state index in [1.807, 2.05) is 0 Å². The zero-order valence-corrected chi connectivity index (χ0v) is 15.0. The van der Waals surface area contributed by atoms with Gasteiger partial charge >= 0.3 is 0 Å². The molecule has 2 N–H and O–H groups in total. The van der Waals surface area contributed by atoms with Crippen molar-refractivity contribution in [1.82, 2.24) is 10.9 Å². The summed E-state index contributed by atoms with van der Waals surface area (Å²) in [4.78, 5) is 25.3. The number of hydrazine groups is 1. The highest BCUT2D eigenvalue weighted by atomic mass is 35.5. The quantitative estimate of drug-likeness (QED) is 0.658. The van der Waals surface area contributed by atoms with Crippen LogP contribution in [0.15, 0.2) is 60.7 Å². The maximum absolute atomic E-state index is 13.0. The summed E-state index contributed by atoms with van der Waals surface area (Å²) in [5.74, 6) is -1.06. The number of amides is 2. The van der Waals surface area contributed by atoms with Crippen molar-refractivity contribution in [3.63, 3.8) is 0 Å². The van der Waals surface area contributed by atoms with E-state index in [2.05, 4.69) is 10.9 Å². The fraction of sp³-hybridized carbons (Fsp3) is 0.0526. The molecule has 2 aromatic carbocycles. The van der Waals surface area contributed by atoms with Gasteiger partial charge in [-0.3, -0.25) is 20.4 Å². The Morgan fingerprint density at radius 3 is 2.31 bits per heavy atom. The van der Waals surface area contributed by atoms with Gasteiger partial charge in [0.05, 0.1) is 11.3 Å². The number of hydrogen-bond donors (Lipinski definition) is 2. The van der Waals surface area contributed by atoms with Gasteiger partial charge in [-0.15, -0.1) is 11.3 Å². The molecule has 0 aliphatic carbocycles. The zero-order chi connectivity index (χ0) is 18.5. The third-order valence-electron chi connectivity index (χ3n) is 3.55. The predicted molar refractivity (Wildman–Crippen MR) is 100 cm³/mol. The van der Waals surface area contributed by atoms with Gasteiger partial charge in [0.15, 0.2) is 0 Å². The van der Waals surface area contributed by atoms with Crippen molar-refractivity contribution in [1.29, 1.82) is 0 Å². The molecule has 3 rings (SSSR count). The van der Waals surface area contributed by atoms with Crippen LogP contribution in [0.1, 0.15) is 15.2 Å². The highest BCUT2D eigenvalue weighted by Crippen LogP contribution is 2.28. The third kappa shape index (κ3) is 4.68. The lowest BCUT2D eigenvalue weighted by molar-refractivity contribution is -0.121. The van der Waals surface area contributed by atoms with E-state index >= 15 is 0 Å². The summed E-state index contributed by atoms with van der Waals surface area (Å²) in [7, 11) is 0. The standard InChI is InChI=1S/C19H14ClFN2O2S/c20-14-5-1-12(2-6-14)11-18(24)22-23-19(25)17-10-9-16(26-17)13-3-7-15(21)8-4-13/h1-10H,11H2,(H,22,24)(H,23,25). The highest BCUT2D eigenvalue weighted by Gasteiger charge is 2.12. The van der Waals surface area contributed by atoms with Crippen LogP contribution >= 0.6 is 22.9 Å². The molecule has 0 bridgehead atoms. The SMILES string of the molecule is O=C(Cc1ccc(Cl)cc1)NNC(=O)c1ccc(-c2ccc(F)cc2)s1. The Labute approximate surface area is 158 Å². The van der Waals surface area contributed by atoms with Gasteiger partial charge in [0, 0.05) is 9.90 Å². The molecule has 4 nitrogen and oxygen atoms in total. The summed E-state index contributed by atoms with van der Waals surface area (Å²) in [6.07, 6.45) is 0.128. The Bertz CT molecular complexity index is 923. The van der Waals surface area contributed by atoms with Crippen LogP contribution < -0.4 is 10.9 Å². The summed E-state index contributed by atoms with van der Waals surface area (Å²) < 4.78 is 13.0. The van der Waals surface area contributed by atoms with Crippen LogP contribution in [0.4, 0.5) is 4.39 Å². The normalized spacial score (nSPS) is 10.4. The molecular formula is C19H14ClFN2O2S. The Morgan fingerprint density at radius 1 is 0.923 bits per heavy atom. The van der Waals surface area contributed by atoms with Crippen molar-refractivity contribution in [3.8, 4) is 10.4 Å². The highest BCUT2D eigenvalue weighted by molar-refractivity contribution is 7.17. The first-order chi connectivity index (χ1) is 12.5. The first-order valence-electron chi connectivity index (χ1n) is 7.70. The van der Waals surface area contributed by atoms with Gasteiger partial charge in [-0.25, -0.2) is 4.39 Å². The Balaban J connectivity index is 1.55. The molecule has 7 heteroatoms. The molecule has 26 heavy (non-hydrogen) atoms. The number of benzene rings is 2. The number of carbonyl (C=O) groups is 2. The van der Waals surface area contributed by atoms with Gasteiger partial charge in [-0.2, -0.15) is 0 Å². The van der Waals surface area contributed by atoms with Crippen LogP contribution in [0.3, 0.4) is 0 Å². The van der Waals surface area contributed by atoms with E-state index in [1.165, 1.54) is 23.5 Å². The molecule has 0 radical (unpaired) electrons. The second-order valence-electron chi connectivity index (χ2n) is 5.48. The van der Waals surface area contributed by atoms with Crippen LogP contribution in [0.2, 0.25) is 5.02 Å². The lowest BCUT2D eigenvalue weighted by Crippen LogP contribution is -2.42. The van der Waals surface area contributed by atoms with Gasteiger partial charge in [-0.1, -0.05) is 35.9 Å². The van der Waals surface area contributed by atoms with Gasteiger partial charge in [0.2, 0.25) is 5.91 Å². The molecule has 0 fully saturated rings.